The van der Waals surface area contributed by atoms with Gasteiger partial charge in [-0.25, -0.2) is 4.79 Å². The minimum atomic E-state index is -1.32. The lowest BCUT2D eigenvalue weighted by Crippen LogP contribution is -2.58. The molecule has 0 radical (unpaired) electrons. The quantitative estimate of drug-likeness (QED) is 0.222. The maximum atomic E-state index is 12.0. The van der Waals surface area contributed by atoms with E-state index >= 15 is 0 Å². The van der Waals surface area contributed by atoms with E-state index < -0.39 is 42.0 Å². The SMILES string of the molecule is C[C@@H](O)[C@H](NC(=O)[C@@H](N)CS)C(=O)N[C@@H](CCN)C(=O)O. The van der Waals surface area contributed by atoms with E-state index in [4.69, 9.17) is 16.6 Å². The van der Waals surface area contributed by atoms with E-state index in [1.165, 1.54) is 6.92 Å². The zero-order valence-electron chi connectivity index (χ0n) is 11.7. The predicted octanol–water partition coefficient (Wildman–Crippen LogP) is -2.97. The molecule has 0 unspecified atom stereocenters. The van der Waals surface area contributed by atoms with Crippen LogP contribution >= 0.6 is 12.6 Å². The molecule has 0 aromatic carbocycles. The van der Waals surface area contributed by atoms with Crippen molar-refractivity contribution in [2.45, 2.75) is 37.6 Å². The van der Waals surface area contributed by atoms with E-state index in [1.54, 1.807) is 0 Å². The first-order valence-electron chi connectivity index (χ1n) is 6.32. The summed E-state index contributed by atoms with van der Waals surface area (Å²) in [5.74, 6) is -2.69. The van der Waals surface area contributed by atoms with Crippen LogP contribution in [0.2, 0.25) is 0 Å². The highest BCUT2D eigenvalue weighted by atomic mass is 32.1. The number of carboxylic acid groups (broad SMARTS) is 1. The van der Waals surface area contributed by atoms with Crippen LogP contribution < -0.4 is 22.1 Å². The minimum absolute atomic E-state index is 0.0255. The summed E-state index contributed by atoms with van der Waals surface area (Å²) in [6, 6.07) is -3.45. The molecule has 0 heterocycles. The van der Waals surface area contributed by atoms with Crippen LogP contribution in [-0.2, 0) is 14.4 Å². The van der Waals surface area contributed by atoms with Gasteiger partial charge >= 0.3 is 5.97 Å². The highest BCUT2D eigenvalue weighted by molar-refractivity contribution is 7.80. The lowest BCUT2D eigenvalue weighted by molar-refractivity contribution is -0.143. The van der Waals surface area contributed by atoms with Gasteiger partial charge in [-0.3, -0.25) is 9.59 Å². The van der Waals surface area contributed by atoms with Crippen LogP contribution in [0.3, 0.4) is 0 Å². The Balaban J connectivity index is 4.83. The second-order valence-electron chi connectivity index (χ2n) is 4.49. The molecule has 0 aliphatic rings. The van der Waals surface area contributed by atoms with Gasteiger partial charge in [0.25, 0.3) is 0 Å². The average molecular weight is 322 g/mol. The number of nitrogens with two attached hydrogens (primary N) is 2. The van der Waals surface area contributed by atoms with Crippen molar-refractivity contribution >= 4 is 30.4 Å². The van der Waals surface area contributed by atoms with Gasteiger partial charge in [-0.05, 0) is 19.9 Å². The lowest BCUT2D eigenvalue weighted by atomic mass is 10.1. The van der Waals surface area contributed by atoms with E-state index in [0.29, 0.717) is 0 Å². The molecule has 0 aliphatic heterocycles. The summed E-state index contributed by atoms with van der Waals surface area (Å²) in [4.78, 5) is 34.5. The van der Waals surface area contributed by atoms with Crippen molar-refractivity contribution in [3.63, 3.8) is 0 Å². The first kappa shape index (κ1) is 19.6. The summed E-state index contributed by atoms with van der Waals surface area (Å²) >= 11 is 3.85. The van der Waals surface area contributed by atoms with Gasteiger partial charge in [0.2, 0.25) is 11.8 Å². The molecule has 21 heavy (non-hydrogen) atoms. The molecular formula is C11H22N4O5S. The fourth-order valence-electron chi connectivity index (χ4n) is 1.43. The lowest BCUT2D eigenvalue weighted by Gasteiger charge is -2.24. The Morgan fingerprint density at radius 3 is 2.19 bits per heavy atom. The maximum Gasteiger partial charge on any atom is 0.326 e. The van der Waals surface area contributed by atoms with Crippen molar-refractivity contribution in [2.24, 2.45) is 11.5 Å². The molecule has 0 fully saturated rings. The van der Waals surface area contributed by atoms with Crippen LogP contribution in [0.1, 0.15) is 13.3 Å². The Morgan fingerprint density at radius 1 is 1.24 bits per heavy atom. The van der Waals surface area contributed by atoms with Gasteiger partial charge in [0.15, 0.2) is 0 Å². The predicted molar refractivity (Wildman–Crippen MR) is 78.7 cm³/mol. The first-order valence-corrected chi connectivity index (χ1v) is 6.95. The van der Waals surface area contributed by atoms with Crippen molar-refractivity contribution < 1.29 is 24.6 Å². The van der Waals surface area contributed by atoms with Crippen LogP contribution in [0.15, 0.2) is 0 Å². The second-order valence-corrected chi connectivity index (χ2v) is 4.86. The first-order chi connectivity index (χ1) is 9.74. The van der Waals surface area contributed by atoms with E-state index in [9.17, 15) is 19.5 Å². The molecule has 0 saturated heterocycles. The maximum absolute atomic E-state index is 12.0. The molecule has 0 bridgehead atoms. The number of aliphatic carboxylic acids is 1. The van der Waals surface area contributed by atoms with Crippen LogP contribution in [0.4, 0.5) is 0 Å². The molecule has 0 aromatic rings. The molecule has 0 aliphatic carbocycles. The summed E-state index contributed by atoms with van der Waals surface area (Å²) in [5, 5.41) is 23.0. The zero-order valence-corrected chi connectivity index (χ0v) is 12.5. The summed E-state index contributed by atoms with van der Waals surface area (Å²) < 4.78 is 0. The van der Waals surface area contributed by atoms with Crippen molar-refractivity contribution in [2.75, 3.05) is 12.3 Å². The minimum Gasteiger partial charge on any atom is -0.480 e. The van der Waals surface area contributed by atoms with E-state index in [1.807, 2.05) is 0 Å². The molecule has 0 aromatic heterocycles. The number of nitrogens with one attached hydrogen (secondary N) is 2. The molecule has 10 heteroatoms. The van der Waals surface area contributed by atoms with E-state index in [2.05, 4.69) is 23.3 Å². The second kappa shape index (κ2) is 9.55. The van der Waals surface area contributed by atoms with Crippen molar-refractivity contribution in [1.29, 1.82) is 0 Å². The number of thiol groups is 1. The molecule has 4 atom stereocenters. The molecule has 2 amide bonds. The molecule has 0 spiro atoms. The van der Waals surface area contributed by atoms with E-state index in [-0.39, 0.29) is 18.7 Å². The standard InChI is InChI=1S/C11H22N4O5S/c1-5(16)8(15-9(17)6(13)4-21)10(18)14-7(2-3-12)11(19)20/h5-8,16,21H,2-4,12-13H2,1H3,(H,14,18)(H,15,17)(H,19,20)/t5-,6+,7+,8+/m1/s1. The third-order valence-electron chi connectivity index (χ3n) is 2.67. The highest BCUT2D eigenvalue weighted by Crippen LogP contribution is 1.98. The number of aliphatic hydroxyl groups excluding tert-OH is 1. The van der Waals surface area contributed by atoms with Crippen molar-refractivity contribution in [3.8, 4) is 0 Å². The summed E-state index contributed by atoms with van der Waals surface area (Å²) in [6.45, 7) is 1.35. The van der Waals surface area contributed by atoms with Gasteiger partial charge in [0, 0.05) is 5.75 Å². The Labute approximate surface area is 127 Å². The normalized spacial score (nSPS) is 16.4. The molecule has 0 saturated carbocycles. The third kappa shape index (κ3) is 6.76. The fraction of sp³-hybridized carbons (Fsp3) is 0.727. The summed E-state index contributed by atoms with van der Waals surface area (Å²) in [6.07, 6.45) is -1.20. The molecule has 122 valence electrons. The van der Waals surface area contributed by atoms with Crippen LogP contribution in [0.5, 0.6) is 0 Å². The van der Waals surface area contributed by atoms with Gasteiger partial charge < -0.3 is 32.3 Å². The van der Waals surface area contributed by atoms with Crippen LogP contribution in [0, 0.1) is 0 Å². The van der Waals surface area contributed by atoms with Crippen molar-refractivity contribution in [3.05, 3.63) is 0 Å². The van der Waals surface area contributed by atoms with Gasteiger partial charge in [-0.2, -0.15) is 12.6 Å². The monoisotopic (exact) mass is 322 g/mol. The topological polar surface area (TPSA) is 168 Å². The number of amides is 2. The Morgan fingerprint density at radius 2 is 1.81 bits per heavy atom. The molecule has 0 rings (SSSR count). The number of aliphatic hydroxyl groups is 1. The zero-order chi connectivity index (χ0) is 16.6. The third-order valence-corrected chi connectivity index (χ3v) is 3.06. The number of carbonyl (C=O) groups excluding carboxylic acids is 2. The van der Waals surface area contributed by atoms with Gasteiger partial charge in [-0.15, -0.1) is 0 Å². The Kier molecular flexibility index (Phi) is 8.93. The largest absolute Gasteiger partial charge is 0.480 e. The van der Waals surface area contributed by atoms with Crippen molar-refractivity contribution in [1.82, 2.24) is 10.6 Å². The fourth-order valence-corrected chi connectivity index (χ4v) is 1.60. The smallest absolute Gasteiger partial charge is 0.326 e. The Bertz CT molecular complexity index is 380. The van der Waals surface area contributed by atoms with Crippen LogP contribution in [0.25, 0.3) is 0 Å². The summed E-state index contributed by atoms with van der Waals surface area (Å²) in [5.41, 5.74) is 10.7. The summed E-state index contributed by atoms with van der Waals surface area (Å²) in [7, 11) is 0. The number of rotatable bonds is 9. The average Bonchev–Trinajstić information content (AvgIpc) is 2.42. The number of hydrogen-bond donors (Lipinski definition) is 7. The van der Waals surface area contributed by atoms with Crippen LogP contribution in [-0.4, -0.2) is 64.5 Å². The van der Waals surface area contributed by atoms with E-state index in [0.717, 1.165) is 0 Å². The number of carboxylic acids is 1. The van der Waals surface area contributed by atoms with Gasteiger partial charge in [-0.1, -0.05) is 0 Å². The highest BCUT2D eigenvalue weighted by Gasteiger charge is 2.30. The molecule has 8 N–H and O–H groups in total. The van der Waals surface area contributed by atoms with Gasteiger partial charge in [0.05, 0.1) is 12.1 Å². The van der Waals surface area contributed by atoms with Gasteiger partial charge in [0.1, 0.15) is 12.1 Å². The number of carbonyl (C=O) groups is 3. The Hall–Kier alpha value is -1.36. The molecule has 9 nitrogen and oxygen atoms in total. The molecular weight excluding hydrogens is 300 g/mol. The number of hydrogen-bond acceptors (Lipinski definition) is 7.